The highest BCUT2D eigenvalue weighted by Crippen LogP contribution is 2.23. The first-order valence-corrected chi connectivity index (χ1v) is 10.5. The molecule has 0 saturated carbocycles. The Hall–Kier alpha value is -2.67. The van der Waals surface area contributed by atoms with E-state index >= 15 is 0 Å². The van der Waals surface area contributed by atoms with Gasteiger partial charge in [0, 0.05) is 18.7 Å². The molecule has 0 aromatic heterocycles. The molecule has 3 aromatic carbocycles. The number of amides is 1. The molecule has 7 heteroatoms. The van der Waals surface area contributed by atoms with Gasteiger partial charge in [-0.1, -0.05) is 72.3 Å². The molecule has 0 radical (unpaired) electrons. The Morgan fingerprint density at radius 1 is 0.821 bits per heavy atom. The van der Waals surface area contributed by atoms with Crippen molar-refractivity contribution in [2.75, 3.05) is 0 Å². The third kappa shape index (κ3) is 5.19. The topological polar surface area (TPSA) is 75.3 Å². The first-order chi connectivity index (χ1) is 13.5. The molecule has 0 aliphatic rings. The summed E-state index contributed by atoms with van der Waals surface area (Å²) in [6, 6.07) is 22.8. The van der Waals surface area contributed by atoms with Crippen LogP contribution in [0.2, 0.25) is 5.02 Å². The summed E-state index contributed by atoms with van der Waals surface area (Å²) in [6.07, 6.45) is 0. The monoisotopic (exact) mass is 414 g/mol. The van der Waals surface area contributed by atoms with E-state index in [0.717, 1.165) is 11.1 Å². The number of carbonyl (C=O) groups excluding carboxylic acids is 1. The Balaban J connectivity index is 1.73. The van der Waals surface area contributed by atoms with Crippen LogP contribution in [0.3, 0.4) is 0 Å². The summed E-state index contributed by atoms with van der Waals surface area (Å²) in [7, 11) is -3.87. The van der Waals surface area contributed by atoms with E-state index in [1.54, 1.807) is 0 Å². The fourth-order valence-corrected chi connectivity index (χ4v) is 4.12. The van der Waals surface area contributed by atoms with Gasteiger partial charge in [-0.25, -0.2) is 13.1 Å². The van der Waals surface area contributed by atoms with Gasteiger partial charge in [0.05, 0.1) is 5.02 Å². The molecule has 0 aliphatic carbocycles. The van der Waals surface area contributed by atoms with Gasteiger partial charge in [-0.15, -0.1) is 0 Å². The Morgan fingerprint density at radius 3 is 2.00 bits per heavy atom. The van der Waals surface area contributed by atoms with Crippen LogP contribution in [0.4, 0.5) is 0 Å². The Kier molecular flexibility index (Phi) is 6.46. The molecule has 0 saturated heterocycles. The Bertz CT molecular complexity index is 1060. The maximum atomic E-state index is 12.7. The highest BCUT2D eigenvalue weighted by molar-refractivity contribution is 7.89. The van der Waals surface area contributed by atoms with E-state index in [1.807, 2.05) is 60.7 Å². The van der Waals surface area contributed by atoms with Crippen molar-refractivity contribution in [3.8, 4) is 0 Å². The number of rotatable bonds is 7. The number of benzene rings is 3. The number of nitrogens with one attached hydrogen (secondary N) is 2. The van der Waals surface area contributed by atoms with Crippen LogP contribution in [-0.4, -0.2) is 14.3 Å². The van der Waals surface area contributed by atoms with E-state index in [0.29, 0.717) is 6.54 Å². The molecule has 0 atom stereocenters. The predicted octanol–water partition coefficient (Wildman–Crippen LogP) is 3.75. The minimum atomic E-state index is -3.87. The molecule has 1 amide bonds. The van der Waals surface area contributed by atoms with Gasteiger partial charge in [-0.3, -0.25) is 4.79 Å². The van der Waals surface area contributed by atoms with E-state index in [-0.39, 0.29) is 27.9 Å². The maximum absolute atomic E-state index is 12.7. The summed E-state index contributed by atoms with van der Waals surface area (Å²) >= 11 is 6.09. The summed E-state index contributed by atoms with van der Waals surface area (Å²) in [5, 5.41) is 2.83. The smallest absolute Gasteiger partial charge is 0.251 e. The third-order valence-corrected chi connectivity index (χ3v) is 5.97. The SMILES string of the molecule is O=C(NCc1ccccc1)c1ccc(Cl)c(S(=O)(=O)NCc2ccccc2)c1. The molecular weight excluding hydrogens is 396 g/mol. The molecule has 0 bridgehead atoms. The van der Waals surface area contributed by atoms with Crippen molar-refractivity contribution in [2.24, 2.45) is 0 Å². The Labute approximate surface area is 169 Å². The fourth-order valence-electron chi connectivity index (χ4n) is 2.58. The molecule has 0 heterocycles. The lowest BCUT2D eigenvalue weighted by Crippen LogP contribution is -2.25. The largest absolute Gasteiger partial charge is 0.348 e. The van der Waals surface area contributed by atoms with Gasteiger partial charge in [-0.05, 0) is 29.3 Å². The van der Waals surface area contributed by atoms with Gasteiger partial charge < -0.3 is 5.32 Å². The lowest BCUT2D eigenvalue weighted by atomic mass is 10.2. The van der Waals surface area contributed by atoms with Gasteiger partial charge in [0.1, 0.15) is 4.90 Å². The minimum absolute atomic E-state index is 0.0557. The van der Waals surface area contributed by atoms with Gasteiger partial charge in [-0.2, -0.15) is 0 Å². The lowest BCUT2D eigenvalue weighted by molar-refractivity contribution is 0.0950. The first kappa shape index (κ1) is 20.1. The van der Waals surface area contributed by atoms with E-state index in [9.17, 15) is 13.2 Å². The van der Waals surface area contributed by atoms with Crippen molar-refractivity contribution in [3.63, 3.8) is 0 Å². The second-order valence-corrected chi connectivity index (χ2v) is 8.27. The average molecular weight is 415 g/mol. The quantitative estimate of drug-likeness (QED) is 0.618. The summed E-state index contributed by atoms with van der Waals surface area (Å²) in [5.41, 5.74) is 1.99. The van der Waals surface area contributed by atoms with Gasteiger partial charge in [0.25, 0.3) is 5.91 Å². The maximum Gasteiger partial charge on any atom is 0.251 e. The van der Waals surface area contributed by atoms with Crippen LogP contribution < -0.4 is 10.0 Å². The van der Waals surface area contributed by atoms with Crippen molar-refractivity contribution in [1.82, 2.24) is 10.0 Å². The molecule has 0 spiro atoms. The predicted molar refractivity (Wildman–Crippen MR) is 110 cm³/mol. The van der Waals surface area contributed by atoms with Crippen molar-refractivity contribution in [2.45, 2.75) is 18.0 Å². The first-order valence-electron chi connectivity index (χ1n) is 8.61. The van der Waals surface area contributed by atoms with E-state index in [2.05, 4.69) is 10.0 Å². The zero-order chi connectivity index (χ0) is 20.0. The van der Waals surface area contributed by atoms with Crippen LogP contribution in [0, 0.1) is 0 Å². The molecular formula is C21H19ClN2O3S. The number of hydrogen-bond acceptors (Lipinski definition) is 3. The molecule has 0 fully saturated rings. The number of hydrogen-bond donors (Lipinski definition) is 2. The van der Waals surface area contributed by atoms with Crippen LogP contribution in [0.25, 0.3) is 0 Å². The molecule has 0 unspecified atom stereocenters. The minimum Gasteiger partial charge on any atom is -0.348 e. The molecule has 2 N–H and O–H groups in total. The molecule has 3 rings (SSSR count). The molecule has 3 aromatic rings. The molecule has 0 aliphatic heterocycles. The van der Waals surface area contributed by atoms with Gasteiger partial charge in [0.2, 0.25) is 10.0 Å². The standard InChI is InChI=1S/C21H19ClN2O3S/c22-19-12-11-18(21(25)23-14-16-7-3-1-4-8-16)13-20(19)28(26,27)24-15-17-9-5-2-6-10-17/h1-13,24H,14-15H2,(H,23,25). The molecule has 28 heavy (non-hydrogen) atoms. The average Bonchev–Trinajstić information content (AvgIpc) is 2.72. The second-order valence-electron chi connectivity index (χ2n) is 6.12. The van der Waals surface area contributed by atoms with Gasteiger partial charge in [0.15, 0.2) is 0 Å². The van der Waals surface area contributed by atoms with Crippen molar-refractivity contribution in [1.29, 1.82) is 0 Å². The highest BCUT2D eigenvalue weighted by Gasteiger charge is 2.20. The number of carbonyl (C=O) groups is 1. The van der Waals surface area contributed by atoms with E-state index in [1.165, 1.54) is 18.2 Å². The number of sulfonamides is 1. The van der Waals surface area contributed by atoms with E-state index < -0.39 is 10.0 Å². The Morgan fingerprint density at radius 2 is 1.39 bits per heavy atom. The molecule has 144 valence electrons. The van der Waals surface area contributed by atoms with Crippen molar-refractivity contribution >= 4 is 27.5 Å². The zero-order valence-corrected chi connectivity index (χ0v) is 16.5. The summed E-state index contributed by atoms with van der Waals surface area (Å²) in [5.74, 6) is -0.375. The second kappa shape index (κ2) is 9.01. The lowest BCUT2D eigenvalue weighted by Gasteiger charge is -2.11. The normalized spacial score (nSPS) is 11.2. The summed E-state index contributed by atoms with van der Waals surface area (Å²) < 4.78 is 27.8. The van der Waals surface area contributed by atoms with Crippen LogP contribution in [0.15, 0.2) is 83.8 Å². The van der Waals surface area contributed by atoms with Crippen molar-refractivity contribution in [3.05, 3.63) is 101 Å². The van der Waals surface area contributed by atoms with Crippen LogP contribution >= 0.6 is 11.6 Å². The highest BCUT2D eigenvalue weighted by atomic mass is 35.5. The number of halogens is 1. The van der Waals surface area contributed by atoms with Crippen LogP contribution in [-0.2, 0) is 23.1 Å². The zero-order valence-electron chi connectivity index (χ0n) is 14.9. The summed E-state index contributed by atoms with van der Waals surface area (Å²) in [6.45, 7) is 0.473. The fraction of sp³-hybridized carbons (Fsp3) is 0.0952. The van der Waals surface area contributed by atoms with Crippen LogP contribution in [0.1, 0.15) is 21.5 Å². The molecule has 5 nitrogen and oxygen atoms in total. The summed E-state index contributed by atoms with van der Waals surface area (Å²) in [4.78, 5) is 12.3. The van der Waals surface area contributed by atoms with Crippen LogP contribution in [0.5, 0.6) is 0 Å². The van der Waals surface area contributed by atoms with Gasteiger partial charge >= 0.3 is 0 Å². The third-order valence-electron chi connectivity index (χ3n) is 4.09. The van der Waals surface area contributed by atoms with E-state index in [4.69, 9.17) is 11.6 Å². The van der Waals surface area contributed by atoms with Crippen molar-refractivity contribution < 1.29 is 13.2 Å².